The molecule has 0 fully saturated rings. The van der Waals surface area contributed by atoms with Crippen LogP contribution in [0.2, 0.25) is 0 Å². The van der Waals surface area contributed by atoms with Gasteiger partial charge in [-0.3, -0.25) is 9.78 Å². The van der Waals surface area contributed by atoms with Crippen molar-refractivity contribution in [2.24, 2.45) is 0 Å². The molecular formula is C15H15NO. The highest BCUT2D eigenvalue weighted by atomic mass is 16.1. The van der Waals surface area contributed by atoms with Crippen LogP contribution in [0.1, 0.15) is 27.9 Å². The van der Waals surface area contributed by atoms with Crippen molar-refractivity contribution in [3.05, 3.63) is 65.5 Å². The van der Waals surface area contributed by atoms with Crippen LogP contribution < -0.4 is 0 Å². The Bertz CT molecular complexity index is 505. The van der Waals surface area contributed by atoms with Crippen LogP contribution in [0.15, 0.2) is 48.8 Å². The number of Topliss-reactive ketones (excluding diaryl/α,β-unsaturated/α-hetero) is 1. The zero-order valence-corrected chi connectivity index (χ0v) is 9.89. The number of hydrogen-bond donors (Lipinski definition) is 0. The molecule has 0 atom stereocenters. The molecule has 2 aromatic rings. The number of aryl methyl sites for hydroxylation is 2. The van der Waals surface area contributed by atoms with Gasteiger partial charge in [0.25, 0.3) is 0 Å². The van der Waals surface area contributed by atoms with Gasteiger partial charge in [0.05, 0.1) is 0 Å². The molecule has 0 aliphatic heterocycles. The van der Waals surface area contributed by atoms with E-state index >= 15 is 0 Å². The van der Waals surface area contributed by atoms with Gasteiger partial charge in [-0.25, -0.2) is 0 Å². The van der Waals surface area contributed by atoms with Crippen molar-refractivity contribution in [2.75, 3.05) is 0 Å². The molecule has 1 aromatic heterocycles. The van der Waals surface area contributed by atoms with Crippen LogP contribution in [0.5, 0.6) is 0 Å². The molecule has 0 spiro atoms. The fraction of sp³-hybridized carbons (Fsp3) is 0.200. The van der Waals surface area contributed by atoms with Crippen LogP contribution in [-0.4, -0.2) is 10.8 Å². The van der Waals surface area contributed by atoms with Gasteiger partial charge in [-0.1, -0.05) is 30.3 Å². The highest BCUT2D eigenvalue weighted by Gasteiger charge is 2.06. The number of carbonyl (C=O) groups is 1. The number of pyridine rings is 1. The molecule has 0 N–H and O–H groups in total. The summed E-state index contributed by atoms with van der Waals surface area (Å²) >= 11 is 0. The Balaban J connectivity index is 2.00. The first-order valence-corrected chi connectivity index (χ1v) is 5.75. The monoisotopic (exact) mass is 225 g/mol. The van der Waals surface area contributed by atoms with Crippen LogP contribution in [0.4, 0.5) is 0 Å². The number of aromatic nitrogens is 1. The van der Waals surface area contributed by atoms with Crippen LogP contribution in [0.25, 0.3) is 0 Å². The van der Waals surface area contributed by atoms with Gasteiger partial charge in [-0.15, -0.1) is 0 Å². The van der Waals surface area contributed by atoms with Crippen molar-refractivity contribution >= 4 is 5.78 Å². The zero-order chi connectivity index (χ0) is 12.1. The number of benzene rings is 1. The molecular weight excluding hydrogens is 210 g/mol. The fourth-order valence-electron chi connectivity index (χ4n) is 1.77. The summed E-state index contributed by atoms with van der Waals surface area (Å²) in [4.78, 5) is 16.0. The van der Waals surface area contributed by atoms with E-state index < -0.39 is 0 Å². The molecule has 0 bridgehead atoms. The smallest absolute Gasteiger partial charge is 0.163 e. The Labute approximate surface area is 101 Å². The van der Waals surface area contributed by atoms with Crippen molar-refractivity contribution in [2.45, 2.75) is 19.8 Å². The topological polar surface area (TPSA) is 30.0 Å². The SMILES string of the molecule is Cc1ccncc1CCC(=O)c1ccccc1. The molecule has 1 aromatic carbocycles. The lowest BCUT2D eigenvalue weighted by Gasteiger charge is -2.04. The van der Waals surface area contributed by atoms with Crippen LogP contribution in [0, 0.1) is 6.92 Å². The quantitative estimate of drug-likeness (QED) is 0.748. The third-order valence-electron chi connectivity index (χ3n) is 2.86. The summed E-state index contributed by atoms with van der Waals surface area (Å²) in [6.45, 7) is 2.05. The second-order valence-corrected chi connectivity index (χ2v) is 4.09. The highest BCUT2D eigenvalue weighted by molar-refractivity contribution is 5.96. The summed E-state index contributed by atoms with van der Waals surface area (Å²) in [5, 5.41) is 0. The number of hydrogen-bond acceptors (Lipinski definition) is 2. The second kappa shape index (κ2) is 5.39. The summed E-state index contributed by atoms with van der Waals surface area (Å²) < 4.78 is 0. The number of nitrogens with zero attached hydrogens (tertiary/aromatic N) is 1. The van der Waals surface area contributed by atoms with E-state index in [4.69, 9.17) is 0 Å². The van der Waals surface area contributed by atoms with Crippen molar-refractivity contribution in [1.82, 2.24) is 4.98 Å². The molecule has 0 unspecified atom stereocenters. The van der Waals surface area contributed by atoms with Crippen LogP contribution in [0.3, 0.4) is 0 Å². The minimum atomic E-state index is 0.189. The van der Waals surface area contributed by atoms with Crippen LogP contribution >= 0.6 is 0 Å². The molecule has 86 valence electrons. The molecule has 0 aliphatic carbocycles. The largest absolute Gasteiger partial charge is 0.294 e. The third kappa shape index (κ3) is 3.00. The van der Waals surface area contributed by atoms with Gasteiger partial charge in [0.15, 0.2) is 5.78 Å². The van der Waals surface area contributed by atoms with E-state index in [9.17, 15) is 4.79 Å². The first-order chi connectivity index (χ1) is 8.27. The molecule has 1 heterocycles. The predicted octanol–water partition coefficient (Wildman–Crippen LogP) is 3.21. The summed E-state index contributed by atoms with van der Waals surface area (Å²) in [6, 6.07) is 11.4. The summed E-state index contributed by atoms with van der Waals surface area (Å²) in [7, 11) is 0. The first kappa shape index (κ1) is 11.5. The molecule has 2 heteroatoms. The van der Waals surface area contributed by atoms with Crippen molar-refractivity contribution in [1.29, 1.82) is 0 Å². The van der Waals surface area contributed by atoms with Gasteiger partial charge in [0.1, 0.15) is 0 Å². The Kier molecular flexibility index (Phi) is 3.66. The lowest BCUT2D eigenvalue weighted by Crippen LogP contribution is -2.02. The third-order valence-corrected chi connectivity index (χ3v) is 2.86. The van der Waals surface area contributed by atoms with E-state index in [0.29, 0.717) is 6.42 Å². The molecule has 0 aliphatic rings. The van der Waals surface area contributed by atoms with Gasteiger partial charge in [-0.05, 0) is 30.5 Å². The van der Waals surface area contributed by atoms with Gasteiger partial charge >= 0.3 is 0 Å². The predicted molar refractivity (Wildman–Crippen MR) is 68.1 cm³/mol. The average molecular weight is 225 g/mol. The second-order valence-electron chi connectivity index (χ2n) is 4.09. The maximum absolute atomic E-state index is 11.9. The van der Waals surface area contributed by atoms with Crippen molar-refractivity contribution < 1.29 is 4.79 Å². The van der Waals surface area contributed by atoms with Gasteiger partial charge in [0.2, 0.25) is 0 Å². The van der Waals surface area contributed by atoms with Crippen LogP contribution in [-0.2, 0) is 6.42 Å². The minimum Gasteiger partial charge on any atom is -0.294 e. The number of ketones is 1. The Morgan fingerprint density at radius 2 is 1.94 bits per heavy atom. The van der Waals surface area contributed by atoms with Crippen molar-refractivity contribution in [3.63, 3.8) is 0 Å². The highest BCUT2D eigenvalue weighted by Crippen LogP contribution is 2.10. The number of carbonyl (C=O) groups excluding carboxylic acids is 1. The molecule has 17 heavy (non-hydrogen) atoms. The Hall–Kier alpha value is -1.96. The van der Waals surface area contributed by atoms with E-state index in [0.717, 1.165) is 17.5 Å². The first-order valence-electron chi connectivity index (χ1n) is 5.75. The van der Waals surface area contributed by atoms with Gasteiger partial charge in [0, 0.05) is 24.4 Å². The summed E-state index contributed by atoms with van der Waals surface area (Å²) in [6.07, 6.45) is 4.91. The Morgan fingerprint density at radius 3 is 2.65 bits per heavy atom. The molecule has 0 radical (unpaired) electrons. The fourth-order valence-corrected chi connectivity index (χ4v) is 1.77. The molecule has 0 saturated heterocycles. The number of rotatable bonds is 4. The zero-order valence-electron chi connectivity index (χ0n) is 9.89. The standard InChI is InChI=1S/C15H15NO/c1-12-9-10-16-11-14(12)7-8-15(17)13-5-3-2-4-6-13/h2-6,9-11H,7-8H2,1H3. The minimum absolute atomic E-state index is 0.189. The summed E-state index contributed by atoms with van der Waals surface area (Å²) in [5.74, 6) is 0.189. The van der Waals surface area contributed by atoms with E-state index in [2.05, 4.69) is 4.98 Å². The van der Waals surface area contributed by atoms with Crippen molar-refractivity contribution in [3.8, 4) is 0 Å². The lowest BCUT2D eigenvalue weighted by atomic mass is 10.0. The van der Waals surface area contributed by atoms with E-state index in [-0.39, 0.29) is 5.78 Å². The summed E-state index contributed by atoms with van der Waals surface area (Å²) in [5.41, 5.74) is 3.13. The average Bonchev–Trinajstić information content (AvgIpc) is 2.38. The molecule has 0 amide bonds. The normalized spacial score (nSPS) is 10.2. The maximum atomic E-state index is 11.9. The van der Waals surface area contributed by atoms with E-state index in [1.165, 1.54) is 5.56 Å². The molecule has 2 rings (SSSR count). The van der Waals surface area contributed by atoms with E-state index in [1.807, 2.05) is 49.5 Å². The maximum Gasteiger partial charge on any atom is 0.163 e. The van der Waals surface area contributed by atoms with Gasteiger partial charge < -0.3 is 0 Å². The lowest BCUT2D eigenvalue weighted by molar-refractivity contribution is 0.0983. The van der Waals surface area contributed by atoms with Gasteiger partial charge in [-0.2, -0.15) is 0 Å². The molecule has 0 saturated carbocycles. The Morgan fingerprint density at radius 1 is 1.18 bits per heavy atom. The van der Waals surface area contributed by atoms with E-state index in [1.54, 1.807) is 6.20 Å². The molecule has 2 nitrogen and oxygen atoms in total.